The van der Waals surface area contributed by atoms with Gasteiger partial charge in [0.25, 0.3) is 0 Å². The first-order chi connectivity index (χ1) is 8.78. The second kappa shape index (κ2) is 6.49. The number of alkyl carbamates (subject to hydrolysis) is 1. The summed E-state index contributed by atoms with van der Waals surface area (Å²) in [7, 11) is 0. The lowest BCUT2D eigenvalue weighted by Crippen LogP contribution is -2.32. The Kier molecular flexibility index (Phi) is 5.26. The molecule has 0 atom stereocenters. The average molecular weight is 280 g/mol. The summed E-state index contributed by atoms with van der Waals surface area (Å²) < 4.78 is 5.09. The van der Waals surface area contributed by atoms with Gasteiger partial charge in [0.1, 0.15) is 5.60 Å². The van der Waals surface area contributed by atoms with E-state index in [2.05, 4.69) is 17.2 Å². The van der Waals surface area contributed by atoms with E-state index in [0.717, 1.165) is 11.1 Å². The highest BCUT2D eigenvalue weighted by Gasteiger charge is 2.14. The zero-order valence-electron chi connectivity index (χ0n) is 11.6. The van der Waals surface area contributed by atoms with Crippen molar-refractivity contribution in [2.75, 3.05) is 6.54 Å². The second-order valence-electron chi connectivity index (χ2n) is 5.12. The zero-order chi connectivity index (χ0) is 14.5. The molecule has 0 heterocycles. The molecular formula is C15H18ClNO2. The number of carbonyl (C=O) groups excluding carboxylic acids is 1. The molecule has 4 heteroatoms. The van der Waals surface area contributed by atoms with E-state index in [1.165, 1.54) is 0 Å². The fourth-order valence-corrected chi connectivity index (χ4v) is 1.43. The third kappa shape index (κ3) is 6.17. The molecule has 0 saturated carbocycles. The van der Waals surface area contributed by atoms with Gasteiger partial charge in [-0.05, 0) is 45.4 Å². The highest BCUT2D eigenvalue weighted by Crippen LogP contribution is 2.15. The summed E-state index contributed by atoms with van der Waals surface area (Å²) in [5, 5.41) is 3.25. The number of hydrogen-bond acceptors (Lipinski definition) is 2. The molecule has 0 aliphatic rings. The number of benzene rings is 1. The number of hydrogen-bond donors (Lipinski definition) is 1. The first-order valence-corrected chi connectivity index (χ1v) is 6.37. The van der Waals surface area contributed by atoms with Crippen LogP contribution in [0.2, 0.25) is 5.02 Å². The zero-order valence-corrected chi connectivity index (χ0v) is 12.4. The molecule has 3 nitrogen and oxygen atoms in total. The number of halogens is 1. The summed E-state index contributed by atoms with van der Waals surface area (Å²) in [4.78, 5) is 11.3. The minimum absolute atomic E-state index is 0.237. The molecule has 1 amide bonds. The van der Waals surface area contributed by atoms with E-state index in [9.17, 15) is 4.79 Å². The molecule has 102 valence electrons. The Hall–Kier alpha value is -1.66. The molecule has 0 bridgehead atoms. The van der Waals surface area contributed by atoms with Crippen LogP contribution in [0.4, 0.5) is 4.79 Å². The standard InChI is InChI=1S/C15H18ClNO2/c1-11-7-8-12(10-13(11)16)6-5-9-17-14(18)19-15(2,3)4/h7-8,10H,9H2,1-4H3,(H,17,18). The number of carbonyl (C=O) groups is 1. The van der Waals surface area contributed by atoms with E-state index in [0.29, 0.717) is 5.02 Å². The van der Waals surface area contributed by atoms with Crippen molar-refractivity contribution in [1.82, 2.24) is 5.32 Å². The number of nitrogens with one attached hydrogen (secondary N) is 1. The molecule has 0 saturated heterocycles. The molecule has 1 aromatic carbocycles. The maximum absolute atomic E-state index is 11.3. The van der Waals surface area contributed by atoms with Gasteiger partial charge in [-0.25, -0.2) is 4.79 Å². The van der Waals surface area contributed by atoms with Crippen LogP contribution < -0.4 is 5.32 Å². The van der Waals surface area contributed by atoms with Crippen molar-refractivity contribution < 1.29 is 9.53 Å². The lowest BCUT2D eigenvalue weighted by atomic mass is 10.1. The van der Waals surface area contributed by atoms with Crippen LogP contribution in [0.3, 0.4) is 0 Å². The van der Waals surface area contributed by atoms with Gasteiger partial charge in [0.15, 0.2) is 0 Å². The van der Waals surface area contributed by atoms with Gasteiger partial charge < -0.3 is 10.1 Å². The van der Waals surface area contributed by atoms with Crippen molar-refractivity contribution in [2.45, 2.75) is 33.3 Å². The predicted octanol–water partition coefficient (Wildman–Crippen LogP) is 3.52. The number of amides is 1. The molecule has 0 unspecified atom stereocenters. The van der Waals surface area contributed by atoms with Gasteiger partial charge in [0.2, 0.25) is 0 Å². The Morgan fingerprint density at radius 2 is 2.11 bits per heavy atom. The van der Waals surface area contributed by atoms with Crippen LogP contribution >= 0.6 is 11.6 Å². The molecule has 1 N–H and O–H groups in total. The fraction of sp³-hybridized carbons (Fsp3) is 0.400. The van der Waals surface area contributed by atoms with Crippen LogP contribution in [0.25, 0.3) is 0 Å². The minimum atomic E-state index is -0.498. The monoisotopic (exact) mass is 279 g/mol. The average Bonchev–Trinajstić information content (AvgIpc) is 2.27. The molecule has 1 aromatic rings. The largest absolute Gasteiger partial charge is 0.444 e. The van der Waals surface area contributed by atoms with Gasteiger partial charge in [-0.2, -0.15) is 0 Å². The SMILES string of the molecule is Cc1ccc(C#CCNC(=O)OC(C)(C)C)cc1Cl. The number of rotatable bonds is 1. The van der Waals surface area contributed by atoms with Gasteiger partial charge in [-0.1, -0.05) is 29.5 Å². The van der Waals surface area contributed by atoms with E-state index in [-0.39, 0.29) is 6.54 Å². The van der Waals surface area contributed by atoms with Crippen LogP contribution in [0.15, 0.2) is 18.2 Å². The summed E-state index contributed by atoms with van der Waals surface area (Å²) in [6, 6.07) is 5.60. The first kappa shape index (κ1) is 15.4. The molecule has 0 radical (unpaired) electrons. The van der Waals surface area contributed by atoms with E-state index in [1.54, 1.807) is 6.07 Å². The second-order valence-corrected chi connectivity index (χ2v) is 5.53. The molecule has 0 spiro atoms. The Labute approximate surface area is 119 Å². The third-order valence-electron chi connectivity index (χ3n) is 2.12. The molecular weight excluding hydrogens is 262 g/mol. The van der Waals surface area contributed by atoms with Gasteiger partial charge in [-0.15, -0.1) is 0 Å². The highest BCUT2D eigenvalue weighted by molar-refractivity contribution is 6.31. The third-order valence-corrected chi connectivity index (χ3v) is 2.53. The van der Waals surface area contributed by atoms with Crippen molar-refractivity contribution in [3.8, 4) is 11.8 Å². The van der Waals surface area contributed by atoms with Crippen LogP contribution in [0, 0.1) is 18.8 Å². The summed E-state index contributed by atoms with van der Waals surface area (Å²) in [5.41, 5.74) is 1.34. The summed E-state index contributed by atoms with van der Waals surface area (Å²) in [6.07, 6.45) is -0.469. The van der Waals surface area contributed by atoms with Gasteiger partial charge >= 0.3 is 6.09 Å². The van der Waals surface area contributed by atoms with Crippen molar-refractivity contribution >= 4 is 17.7 Å². The lowest BCUT2D eigenvalue weighted by Gasteiger charge is -2.18. The van der Waals surface area contributed by atoms with Crippen molar-refractivity contribution in [3.63, 3.8) is 0 Å². The lowest BCUT2D eigenvalue weighted by molar-refractivity contribution is 0.0535. The van der Waals surface area contributed by atoms with Crippen LogP contribution in [-0.2, 0) is 4.74 Å². The van der Waals surface area contributed by atoms with Crippen molar-refractivity contribution in [2.24, 2.45) is 0 Å². The first-order valence-electron chi connectivity index (χ1n) is 6.00. The molecule has 0 aliphatic carbocycles. The normalized spacial score (nSPS) is 10.4. The molecule has 0 fully saturated rings. The smallest absolute Gasteiger partial charge is 0.408 e. The Balaban J connectivity index is 2.47. The van der Waals surface area contributed by atoms with E-state index in [4.69, 9.17) is 16.3 Å². The number of aryl methyl sites for hydroxylation is 1. The molecule has 0 aromatic heterocycles. The summed E-state index contributed by atoms with van der Waals surface area (Å²) in [5.74, 6) is 5.77. The number of ether oxygens (including phenoxy) is 1. The van der Waals surface area contributed by atoms with Crippen LogP contribution in [0.1, 0.15) is 31.9 Å². The topological polar surface area (TPSA) is 38.3 Å². The Morgan fingerprint density at radius 3 is 2.68 bits per heavy atom. The fourth-order valence-electron chi connectivity index (χ4n) is 1.25. The highest BCUT2D eigenvalue weighted by atomic mass is 35.5. The van der Waals surface area contributed by atoms with Crippen LogP contribution in [-0.4, -0.2) is 18.2 Å². The van der Waals surface area contributed by atoms with Gasteiger partial charge in [0.05, 0.1) is 6.54 Å². The quantitative estimate of drug-likeness (QED) is 0.799. The molecule has 19 heavy (non-hydrogen) atoms. The summed E-state index contributed by atoms with van der Waals surface area (Å²) >= 11 is 5.99. The van der Waals surface area contributed by atoms with E-state index in [1.807, 2.05) is 39.8 Å². The van der Waals surface area contributed by atoms with E-state index >= 15 is 0 Å². The van der Waals surface area contributed by atoms with Crippen LogP contribution in [0.5, 0.6) is 0 Å². The predicted molar refractivity (Wildman–Crippen MR) is 77.3 cm³/mol. The van der Waals surface area contributed by atoms with Crippen molar-refractivity contribution in [1.29, 1.82) is 0 Å². The summed E-state index contributed by atoms with van der Waals surface area (Å²) in [6.45, 7) is 7.61. The molecule has 1 rings (SSSR count). The van der Waals surface area contributed by atoms with Gasteiger partial charge in [-0.3, -0.25) is 0 Å². The van der Waals surface area contributed by atoms with Crippen molar-refractivity contribution in [3.05, 3.63) is 34.3 Å². The molecule has 0 aliphatic heterocycles. The maximum Gasteiger partial charge on any atom is 0.408 e. The Bertz CT molecular complexity index is 521. The Morgan fingerprint density at radius 1 is 1.42 bits per heavy atom. The minimum Gasteiger partial charge on any atom is -0.444 e. The maximum atomic E-state index is 11.3. The van der Waals surface area contributed by atoms with E-state index < -0.39 is 11.7 Å². The van der Waals surface area contributed by atoms with Gasteiger partial charge in [0, 0.05) is 10.6 Å².